The molecule has 1 amide bonds. The maximum atomic E-state index is 13.1. The Morgan fingerprint density at radius 2 is 1.89 bits per heavy atom. The Balaban J connectivity index is 1.66. The van der Waals surface area contributed by atoms with E-state index >= 15 is 0 Å². The topological polar surface area (TPSA) is 78.8 Å². The van der Waals surface area contributed by atoms with Crippen molar-refractivity contribution in [1.82, 2.24) is 4.90 Å². The molecular formula is C21H23N3O3S. The molecule has 2 aromatic carbocycles. The summed E-state index contributed by atoms with van der Waals surface area (Å²) in [5.74, 6) is 0.259. The average Bonchev–Trinajstić information content (AvgIpc) is 2.97. The quantitative estimate of drug-likeness (QED) is 0.844. The summed E-state index contributed by atoms with van der Waals surface area (Å²) in [6.45, 7) is 4.59. The highest BCUT2D eigenvalue weighted by atomic mass is 32.2. The third kappa shape index (κ3) is 3.20. The summed E-state index contributed by atoms with van der Waals surface area (Å²) in [7, 11) is -3.71. The zero-order chi connectivity index (χ0) is 19.9. The Morgan fingerprint density at radius 3 is 2.71 bits per heavy atom. The molecule has 4 rings (SSSR count). The second kappa shape index (κ2) is 7.05. The van der Waals surface area contributed by atoms with Gasteiger partial charge in [0, 0.05) is 17.8 Å². The molecule has 2 aliphatic heterocycles. The molecule has 0 bridgehead atoms. The molecule has 0 saturated carbocycles. The molecule has 28 heavy (non-hydrogen) atoms. The summed E-state index contributed by atoms with van der Waals surface area (Å²) < 4.78 is 28.9. The highest BCUT2D eigenvalue weighted by Gasteiger charge is 2.38. The van der Waals surface area contributed by atoms with Crippen molar-refractivity contribution < 1.29 is 13.2 Å². The minimum atomic E-state index is -3.71. The monoisotopic (exact) mass is 397 g/mol. The lowest BCUT2D eigenvalue weighted by Crippen LogP contribution is -2.50. The fourth-order valence-electron chi connectivity index (χ4n) is 3.86. The number of carbonyl (C=O) groups excluding carboxylic acids is 1. The number of piperidine rings is 1. The smallest absolute Gasteiger partial charge is 0.285 e. The fourth-order valence-corrected chi connectivity index (χ4v) is 5.07. The van der Waals surface area contributed by atoms with E-state index < -0.39 is 16.1 Å². The number of benzene rings is 2. The van der Waals surface area contributed by atoms with Crippen molar-refractivity contribution in [3.63, 3.8) is 0 Å². The Kier molecular flexibility index (Phi) is 4.71. The van der Waals surface area contributed by atoms with Crippen LogP contribution in [0.1, 0.15) is 36.0 Å². The van der Waals surface area contributed by atoms with E-state index in [9.17, 15) is 13.2 Å². The molecule has 2 heterocycles. The Bertz CT molecular complexity index is 1080. The Hall–Kier alpha value is -2.67. The van der Waals surface area contributed by atoms with Crippen LogP contribution >= 0.6 is 0 Å². The predicted molar refractivity (Wildman–Crippen MR) is 109 cm³/mol. The Labute approximate surface area is 165 Å². The maximum Gasteiger partial charge on any atom is 0.285 e. The van der Waals surface area contributed by atoms with Crippen molar-refractivity contribution in [2.24, 2.45) is 4.40 Å². The first-order valence-electron chi connectivity index (χ1n) is 9.46. The second-order valence-corrected chi connectivity index (χ2v) is 8.90. The van der Waals surface area contributed by atoms with Crippen molar-refractivity contribution in [3.8, 4) is 0 Å². The van der Waals surface area contributed by atoms with Crippen LogP contribution < -0.4 is 5.32 Å². The van der Waals surface area contributed by atoms with Crippen LogP contribution in [0.2, 0.25) is 0 Å². The van der Waals surface area contributed by atoms with Crippen LogP contribution in [0, 0.1) is 13.8 Å². The number of likely N-dealkylation sites (tertiary alicyclic amines) is 1. The number of aryl methyl sites for hydroxylation is 1. The number of fused-ring (bicyclic) bond motifs is 1. The number of hydrogen-bond acceptors (Lipinski definition) is 4. The summed E-state index contributed by atoms with van der Waals surface area (Å²) in [4.78, 5) is 15.2. The third-order valence-corrected chi connectivity index (χ3v) is 6.88. The van der Waals surface area contributed by atoms with Crippen molar-refractivity contribution in [2.75, 3.05) is 11.9 Å². The SMILES string of the molecule is Cc1cccc(NC(=O)[C@@H]2CCCCN2C2=NS(=O)(=O)c3ccccc32)c1C. The Morgan fingerprint density at radius 1 is 1.11 bits per heavy atom. The van der Waals surface area contributed by atoms with E-state index in [1.165, 1.54) is 0 Å². The zero-order valence-electron chi connectivity index (χ0n) is 16.0. The van der Waals surface area contributed by atoms with Crippen molar-refractivity contribution in [3.05, 3.63) is 59.2 Å². The number of carbonyl (C=O) groups is 1. The van der Waals surface area contributed by atoms with E-state index in [0.29, 0.717) is 24.4 Å². The van der Waals surface area contributed by atoms with E-state index in [1.807, 2.05) is 36.9 Å². The number of hydrogen-bond donors (Lipinski definition) is 1. The number of nitrogens with one attached hydrogen (secondary N) is 1. The first kappa shape index (κ1) is 18.7. The van der Waals surface area contributed by atoms with Crippen LogP contribution in [0.25, 0.3) is 0 Å². The molecule has 146 valence electrons. The molecule has 1 N–H and O–H groups in total. The van der Waals surface area contributed by atoms with E-state index in [2.05, 4.69) is 9.71 Å². The second-order valence-electron chi connectivity index (χ2n) is 7.33. The van der Waals surface area contributed by atoms with Gasteiger partial charge in [0.15, 0.2) is 5.84 Å². The van der Waals surface area contributed by atoms with Gasteiger partial charge in [0.25, 0.3) is 10.0 Å². The molecule has 0 spiro atoms. The minimum Gasteiger partial charge on any atom is -0.343 e. The molecule has 7 heteroatoms. The molecule has 6 nitrogen and oxygen atoms in total. The lowest BCUT2D eigenvalue weighted by molar-refractivity contribution is -0.120. The summed E-state index contributed by atoms with van der Waals surface area (Å²) in [5, 5.41) is 3.03. The molecule has 0 aliphatic carbocycles. The normalized spacial score (nSPS) is 20.4. The van der Waals surface area contributed by atoms with Gasteiger partial charge in [-0.2, -0.15) is 8.42 Å². The van der Waals surface area contributed by atoms with Crippen molar-refractivity contribution >= 4 is 27.5 Å². The number of rotatable bonds is 2. The van der Waals surface area contributed by atoms with Crippen LogP contribution in [0.4, 0.5) is 5.69 Å². The fraction of sp³-hybridized carbons (Fsp3) is 0.333. The lowest BCUT2D eigenvalue weighted by Gasteiger charge is -2.36. The number of amides is 1. The van der Waals surface area contributed by atoms with Gasteiger partial charge < -0.3 is 10.2 Å². The minimum absolute atomic E-state index is 0.127. The van der Waals surface area contributed by atoms with Crippen LogP contribution in [-0.4, -0.2) is 37.6 Å². The molecular weight excluding hydrogens is 374 g/mol. The lowest BCUT2D eigenvalue weighted by atomic mass is 9.99. The molecule has 0 radical (unpaired) electrons. The van der Waals surface area contributed by atoms with Gasteiger partial charge in [0.1, 0.15) is 10.9 Å². The van der Waals surface area contributed by atoms with Gasteiger partial charge >= 0.3 is 0 Å². The molecule has 1 saturated heterocycles. The summed E-state index contributed by atoms with van der Waals surface area (Å²) >= 11 is 0. The van der Waals surface area contributed by atoms with Gasteiger partial charge in [-0.1, -0.05) is 24.3 Å². The largest absolute Gasteiger partial charge is 0.343 e. The molecule has 2 aliphatic rings. The van der Waals surface area contributed by atoms with Crippen molar-refractivity contribution in [1.29, 1.82) is 0 Å². The molecule has 1 atom stereocenters. The maximum absolute atomic E-state index is 13.1. The van der Waals surface area contributed by atoms with Crippen LogP contribution in [0.15, 0.2) is 51.8 Å². The first-order chi connectivity index (χ1) is 13.4. The molecule has 1 fully saturated rings. The molecule has 0 unspecified atom stereocenters. The number of anilines is 1. The van der Waals surface area contributed by atoms with Gasteiger partial charge in [-0.05, 0) is 62.4 Å². The van der Waals surface area contributed by atoms with E-state index in [1.54, 1.807) is 24.3 Å². The van der Waals surface area contributed by atoms with Crippen LogP contribution in [0.3, 0.4) is 0 Å². The number of nitrogens with zero attached hydrogens (tertiary/aromatic N) is 2. The van der Waals surface area contributed by atoms with Crippen LogP contribution in [0.5, 0.6) is 0 Å². The standard InChI is InChI=1S/C21H23N3O3S/c1-14-8-7-10-17(15(14)2)22-21(25)18-11-5-6-13-24(18)20-16-9-3-4-12-19(16)28(26,27)23-20/h3-4,7-10,12,18H,5-6,11,13H2,1-2H3,(H,22,25)/t18-/m0/s1. The van der Waals surface area contributed by atoms with E-state index in [-0.39, 0.29) is 10.8 Å². The van der Waals surface area contributed by atoms with Crippen molar-refractivity contribution in [2.45, 2.75) is 44.0 Å². The summed E-state index contributed by atoms with van der Waals surface area (Å²) in [5.41, 5.74) is 3.51. The zero-order valence-corrected chi connectivity index (χ0v) is 16.8. The van der Waals surface area contributed by atoms with Crippen LogP contribution in [-0.2, 0) is 14.8 Å². The van der Waals surface area contributed by atoms with Gasteiger partial charge in [-0.3, -0.25) is 4.79 Å². The predicted octanol–water partition coefficient (Wildman–Crippen LogP) is 3.25. The highest BCUT2D eigenvalue weighted by molar-refractivity contribution is 7.90. The van der Waals surface area contributed by atoms with Gasteiger partial charge in [-0.15, -0.1) is 4.40 Å². The summed E-state index contributed by atoms with van der Waals surface area (Å²) in [6.07, 6.45) is 2.48. The first-order valence-corrected chi connectivity index (χ1v) is 10.9. The van der Waals surface area contributed by atoms with Gasteiger partial charge in [0.05, 0.1) is 0 Å². The number of sulfonamides is 1. The van der Waals surface area contributed by atoms with Gasteiger partial charge in [0.2, 0.25) is 5.91 Å². The molecule has 2 aromatic rings. The molecule has 0 aromatic heterocycles. The summed E-state index contributed by atoms with van der Waals surface area (Å²) in [6, 6.07) is 12.2. The number of amidine groups is 1. The highest BCUT2D eigenvalue weighted by Crippen LogP contribution is 2.31. The third-order valence-electron chi connectivity index (χ3n) is 5.55. The van der Waals surface area contributed by atoms with Gasteiger partial charge in [-0.25, -0.2) is 0 Å². The van der Waals surface area contributed by atoms with E-state index in [4.69, 9.17) is 0 Å². The average molecular weight is 398 g/mol. The van der Waals surface area contributed by atoms with E-state index in [0.717, 1.165) is 29.7 Å².